The molecule has 0 bridgehead atoms. The molecule has 2 aromatic rings. The van der Waals surface area contributed by atoms with Crippen molar-refractivity contribution in [2.45, 2.75) is 37.5 Å². The van der Waals surface area contributed by atoms with Crippen LogP contribution in [-0.4, -0.2) is 39.3 Å². The highest BCUT2D eigenvalue weighted by molar-refractivity contribution is 8.14. The molecule has 2 atom stereocenters. The molecule has 1 aromatic carbocycles. The number of likely N-dealkylation sites (tertiary alicyclic amines) is 1. The first kappa shape index (κ1) is 22.7. The lowest BCUT2D eigenvalue weighted by Crippen LogP contribution is -2.43. The fourth-order valence-corrected chi connectivity index (χ4v) is 4.80. The van der Waals surface area contributed by atoms with Crippen LogP contribution in [0.3, 0.4) is 0 Å². The third-order valence-corrected chi connectivity index (χ3v) is 6.55. The minimum absolute atomic E-state index is 0. The first-order chi connectivity index (χ1) is 14.0. The van der Waals surface area contributed by atoms with E-state index in [0.717, 1.165) is 18.4 Å². The van der Waals surface area contributed by atoms with Crippen LogP contribution < -0.4 is 0 Å². The Labute approximate surface area is 185 Å². The Morgan fingerprint density at radius 2 is 2.03 bits per heavy atom. The summed E-state index contributed by atoms with van der Waals surface area (Å²) in [5.41, 5.74) is 2.10. The third kappa shape index (κ3) is 5.20. The van der Waals surface area contributed by atoms with Gasteiger partial charge in [-0.1, -0.05) is 35.1 Å². The summed E-state index contributed by atoms with van der Waals surface area (Å²) in [6.45, 7) is 2.66. The molecule has 0 spiro atoms. The van der Waals surface area contributed by atoms with Crippen molar-refractivity contribution >= 4 is 41.1 Å². The number of nitrogens with zero attached hydrogens (tertiary/aromatic N) is 2. The number of benzene rings is 1. The number of ketones is 1. The zero-order valence-corrected chi connectivity index (χ0v) is 18.3. The van der Waals surface area contributed by atoms with Crippen molar-refractivity contribution in [1.82, 2.24) is 10.1 Å². The molecule has 30 heavy (non-hydrogen) atoms. The van der Waals surface area contributed by atoms with E-state index in [9.17, 15) is 14.0 Å². The molecule has 1 aliphatic carbocycles. The van der Waals surface area contributed by atoms with Gasteiger partial charge in [0.25, 0.3) is 0 Å². The molecule has 0 amide bonds. The maximum absolute atomic E-state index is 14.6. The summed E-state index contributed by atoms with van der Waals surface area (Å²) in [6, 6.07) is 7.68. The van der Waals surface area contributed by atoms with Gasteiger partial charge in [-0.15, -0.1) is 12.4 Å². The van der Waals surface area contributed by atoms with Gasteiger partial charge in [0.2, 0.25) is 0 Å². The number of aromatic nitrogens is 1. The maximum atomic E-state index is 14.6. The van der Waals surface area contributed by atoms with Gasteiger partial charge in [-0.2, -0.15) is 0 Å². The fourth-order valence-electron chi connectivity index (χ4n) is 3.88. The first-order valence-electron chi connectivity index (χ1n) is 9.83. The molecule has 1 saturated heterocycles. The van der Waals surface area contributed by atoms with E-state index in [2.05, 4.69) is 5.16 Å². The van der Waals surface area contributed by atoms with Crippen LogP contribution in [0.5, 0.6) is 0 Å². The largest absolute Gasteiger partial charge is 0.364 e. The van der Waals surface area contributed by atoms with Crippen LogP contribution in [0.25, 0.3) is 6.08 Å². The van der Waals surface area contributed by atoms with Gasteiger partial charge in [-0.3, -0.25) is 14.5 Å². The summed E-state index contributed by atoms with van der Waals surface area (Å²) in [4.78, 5) is 26.9. The van der Waals surface area contributed by atoms with Crippen molar-refractivity contribution in [3.05, 3.63) is 59.2 Å². The summed E-state index contributed by atoms with van der Waals surface area (Å²) in [6.07, 6.45) is 5.87. The van der Waals surface area contributed by atoms with E-state index in [1.54, 1.807) is 31.2 Å². The number of halogens is 2. The molecule has 2 heterocycles. The van der Waals surface area contributed by atoms with Crippen LogP contribution in [0.2, 0.25) is 0 Å². The second-order valence-corrected chi connectivity index (χ2v) is 8.98. The Bertz CT molecular complexity index is 930. The molecular formula is C22H24ClFN2O3S. The summed E-state index contributed by atoms with van der Waals surface area (Å²) in [5.74, 6) is -0.241. The van der Waals surface area contributed by atoms with Crippen molar-refractivity contribution in [2.75, 3.05) is 13.1 Å². The first-order valence-corrected chi connectivity index (χ1v) is 10.7. The smallest absolute Gasteiger partial charge is 0.186 e. The number of Topliss-reactive ketones (excluding diaryl/α,β-unsaturated/α-hetero) is 1. The zero-order valence-electron chi connectivity index (χ0n) is 16.6. The Kier molecular flexibility index (Phi) is 7.50. The molecule has 160 valence electrons. The van der Waals surface area contributed by atoms with Gasteiger partial charge in [0.1, 0.15) is 17.8 Å². The molecule has 1 aliphatic heterocycles. The zero-order chi connectivity index (χ0) is 20.4. The SMILES string of the molecule is CC(=O)SC1CCN(C(C(=O)C2CC2)c2ccccc2F)C/C1=C\c1ccon1.Cl. The molecule has 4 rings (SSSR count). The van der Waals surface area contributed by atoms with Crippen LogP contribution in [-0.2, 0) is 9.59 Å². The van der Waals surface area contributed by atoms with E-state index in [1.165, 1.54) is 24.1 Å². The van der Waals surface area contributed by atoms with Crippen LogP contribution in [0.4, 0.5) is 4.39 Å². The molecule has 2 fully saturated rings. The number of rotatable bonds is 6. The average molecular weight is 451 g/mol. The Morgan fingerprint density at radius 1 is 1.27 bits per heavy atom. The van der Waals surface area contributed by atoms with Crippen molar-refractivity contribution in [2.24, 2.45) is 5.92 Å². The van der Waals surface area contributed by atoms with Gasteiger partial charge >= 0.3 is 0 Å². The van der Waals surface area contributed by atoms with Gasteiger partial charge in [0, 0.05) is 42.8 Å². The van der Waals surface area contributed by atoms with E-state index in [-0.39, 0.29) is 40.3 Å². The van der Waals surface area contributed by atoms with Crippen LogP contribution >= 0.6 is 24.2 Å². The molecule has 1 aromatic heterocycles. The number of piperidine rings is 1. The van der Waals surface area contributed by atoms with Crippen molar-refractivity contribution < 1.29 is 18.5 Å². The lowest BCUT2D eigenvalue weighted by Gasteiger charge is -2.38. The number of hydrogen-bond acceptors (Lipinski definition) is 6. The molecule has 8 heteroatoms. The second-order valence-electron chi connectivity index (χ2n) is 7.60. The second kappa shape index (κ2) is 9.90. The number of carbonyl (C=O) groups excluding carboxylic acids is 2. The Hall–Kier alpha value is -1.96. The molecule has 0 radical (unpaired) electrons. The van der Waals surface area contributed by atoms with Crippen molar-refractivity contribution in [3.63, 3.8) is 0 Å². The van der Waals surface area contributed by atoms with Crippen molar-refractivity contribution in [1.29, 1.82) is 0 Å². The van der Waals surface area contributed by atoms with Crippen LogP contribution in [0.15, 0.2) is 46.7 Å². The van der Waals surface area contributed by atoms with Gasteiger partial charge in [0.15, 0.2) is 10.9 Å². The highest BCUT2D eigenvalue weighted by Crippen LogP contribution is 2.40. The van der Waals surface area contributed by atoms with Gasteiger partial charge in [0.05, 0.1) is 6.04 Å². The Morgan fingerprint density at radius 3 is 2.67 bits per heavy atom. The fraction of sp³-hybridized carbons (Fsp3) is 0.409. The lowest BCUT2D eigenvalue weighted by atomic mass is 9.93. The monoisotopic (exact) mass is 450 g/mol. The van der Waals surface area contributed by atoms with Crippen LogP contribution in [0.1, 0.15) is 43.5 Å². The van der Waals surface area contributed by atoms with Gasteiger partial charge in [-0.05, 0) is 37.0 Å². The van der Waals surface area contributed by atoms with Crippen LogP contribution in [0, 0.1) is 11.7 Å². The van der Waals surface area contributed by atoms with E-state index < -0.39 is 6.04 Å². The topological polar surface area (TPSA) is 63.4 Å². The summed E-state index contributed by atoms with van der Waals surface area (Å²) >= 11 is 1.29. The number of thioether (sulfide) groups is 1. The molecule has 2 unspecified atom stereocenters. The van der Waals surface area contributed by atoms with Gasteiger partial charge < -0.3 is 4.52 Å². The molecule has 0 N–H and O–H groups in total. The predicted octanol–water partition coefficient (Wildman–Crippen LogP) is 4.69. The summed E-state index contributed by atoms with van der Waals surface area (Å²) < 4.78 is 19.5. The van der Waals surface area contributed by atoms with E-state index in [1.807, 2.05) is 11.0 Å². The highest BCUT2D eigenvalue weighted by Gasteiger charge is 2.41. The molecule has 1 saturated carbocycles. The molecular weight excluding hydrogens is 427 g/mol. The van der Waals surface area contributed by atoms with Crippen molar-refractivity contribution in [3.8, 4) is 0 Å². The normalized spacial score (nSPS) is 21.8. The molecule has 2 aliphatic rings. The maximum Gasteiger partial charge on any atom is 0.186 e. The van der Waals surface area contributed by atoms with E-state index in [4.69, 9.17) is 4.52 Å². The minimum atomic E-state index is -0.604. The van der Waals surface area contributed by atoms with E-state index >= 15 is 0 Å². The Balaban J connectivity index is 0.00000256. The molecule has 5 nitrogen and oxygen atoms in total. The standard InChI is InChI=1S/C22H23FN2O3S.ClH/c1-14(26)29-20-8-10-25(13-16(20)12-17-9-11-28-24-17)21(22(27)15-6-7-15)18-4-2-3-5-19(18)23;/h2-5,9,11-12,15,20-21H,6-8,10,13H2,1H3;1H/b16-12+;. The average Bonchev–Trinajstić information content (AvgIpc) is 3.42. The van der Waals surface area contributed by atoms with E-state index in [0.29, 0.717) is 30.8 Å². The highest BCUT2D eigenvalue weighted by atomic mass is 35.5. The predicted molar refractivity (Wildman–Crippen MR) is 117 cm³/mol. The quantitative estimate of drug-likeness (QED) is 0.636. The number of carbonyl (C=O) groups is 2. The third-order valence-electron chi connectivity index (χ3n) is 5.39. The van der Waals surface area contributed by atoms with Gasteiger partial charge in [-0.25, -0.2) is 4.39 Å². The lowest BCUT2D eigenvalue weighted by molar-refractivity contribution is -0.126. The summed E-state index contributed by atoms with van der Waals surface area (Å²) in [7, 11) is 0. The minimum Gasteiger partial charge on any atom is -0.364 e. The summed E-state index contributed by atoms with van der Waals surface area (Å²) in [5, 5.41) is 4.01. The number of hydrogen-bond donors (Lipinski definition) is 0.